The summed E-state index contributed by atoms with van der Waals surface area (Å²) in [6.07, 6.45) is 1.25. The summed E-state index contributed by atoms with van der Waals surface area (Å²) in [6.45, 7) is 5.27. The lowest BCUT2D eigenvalue weighted by Crippen LogP contribution is -2.54. The highest BCUT2D eigenvalue weighted by molar-refractivity contribution is 7.99. The van der Waals surface area contributed by atoms with Crippen LogP contribution in [0.4, 0.5) is 0 Å². The van der Waals surface area contributed by atoms with Gasteiger partial charge in [0.2, 0.25) is 0 Å². The molecule has 1 aliphatic rings. The largest absolute Gasteiger partial charge is 0.329 e. The van der Waals surface area contributed by atoms with E-state index in [9.17, 15) is 0 Å². The van der Waals surface area contributed by atoms with Gasteiger partial charge in [-0.3, -0.25) is 4.90 Å². The molecule has 0 aromatic heterocycles. The number of nitrogens with zero attached hydrogens (tertiary/aromatic N) is 1. The normalized spacial score (nSPS) is 30.5. The van der Waals surface area contributed by atoms with Crippen molar-refractivity contribution < 1.29 is 0 Å². The average Bonchev–Trinajstić information content (AvgIpc) is 2.52. The zero-order valence-electron chi connectivity index (χ0n) is 8.34. The summed E-state index contributed by atoms with van der Waals surface area (Å²) in [7, 11) is 2.20. The van der Waals surface area contributed by atoms with Gasteiger partial charge in [-0.15, -0.1) is 0 Å². The Balaban J connectivity index is 2.65. The molecule has 1 atom stereocenters. The maximum Gasteiger partial charge on any atom is 0.0429 e. The minimum atomic E-state index is 0.291. The van der Waals surface area contributed by atoms with E-state index in [1.807, 2.05) is 11.8 Å². The van der Waals surface area contributed by atoms with Crippen molar-refractivity contribution in [2.45, 2.75) is 31.8 Å². The highest BCUT2D eigenvalue weighted by Crippen LogP contribution is 2.32. The van der Waals surface area contributed by atoms with Crippen LogP contribution < -0.4 is 5.73 Å². The maximum absolute atomic E-state index is 5.85. The van der Waals surface area contributed by atoms with Crippen molar-refractivity contribution in [3.8, 4) is 0 Å². The Kier molecular flexibility index (Phi) is 3.44. The van der Waals surface area contributed by atoms with Crippen LogP contribution in [0.2, 0.25) is 0 Å². The molecule has 1 rings (SSSR count). The number of thioether (sulfide) groups is 1. The van der Waals surface area contributed by atoms with E-state index in [0.29, 0.717) is 11.6 Å². The molecule has 0 bridgehead atoms. The topological polar surface area (TPSA) is 29.3 Å². The third kappa shape index (κ3) is 1.78. The molecule has 0 aliphatic carbocycles. The van der Waals surface area contributed by atoms with Gasteiger partial charge in [0.1, 0.15) is 0 Å². The predicted molar refractivity (Wildman–Crippen MR) is 56.6 cm³/mol. The summed E-state index contributed by atoms with van der Waals surface area (Å²) in [5.41, 5.74) is 6.14. The van der Waals surface area contributed by atoms with E-state index in [4.69, 9.17) is 5.73 Å². The zero-order valence-corrected chi connectivity index (χ0v) is 9.16. The van der Waals surface area contributed by atoms with Crippen molar-refractivity contribution in [3.63, 3.8) is 0 Å². The molecule has 1 heterocycles. The van der Waals surface area contributed by atoms with Crippen molar-refractivity contribution in [2.24, 2.45) is 5.73 Å². The maximum atomic E-state index is 5.85. The van der Waals surface area contributed by atoms with Crippen molar-refractivity contribution in [2.75, 3.05) is 25.1 Å². The molecule has 0 saturated carbocycles. The van der Waals surface area contributed by atoms with Gasteiger partial charge in [0, 0.05) is 23.9 Å². The Bertz CT molecular complexity index is 141. The first kappa shape index (κ1) is 10.4. The van der Waals surface area contributed by atoms with Crippen LogP contribution in [0.25, 0.3) is 0 Å². The van der Waals surface area contributed by atoms with Crippen LogP contribution in [0.1, 0.15) is 20.3 Å². The van der Waals surface area contributed by atoms with Gasteiger partial charge in [-0.2, -0.15) is 11.8 Å². The molecule has 1 saturated heterocycles. The Labute approximate surface area is 79.9 Å². The fraction of sp³-hybridized carbons (Fsp3) is 1.00. The molecule has 0 radical (unpaired) electrons. The minimum absolute atomic E-state index is 0.291. The number of likely N-dealkylation sites (N-methyl/N-ethyl adjacent to an activating group) is 1. The number of rotatable bonds is 3. The van der Waals surface area contributed by atoms with Crippen molar-refractivity contribution >= 4 is 11.8 Å². The van der Waals surface area contributed by atoms with E-state index < -0.39 is 0 Å². The standard InChI is InChI=1S/C9H20N2S/c1-8(2)11(3)9(6-10)4-5-12-7-9/h8H,4-7,10H2,1-3H3. The summed E-state index contributed by atoms with van der Waals surface area (Å²) >= 11 is 2.03. The molecule has 0 amide bonds. The molecule has 0 spiro atoms. The Morgan fingerprint density at radius 2 is 2.25 bits per heavy atom. The molecule has 2 nitrogen and oxygen atoms in total. The first-order valence-electron chi connectivity index (χ1n) is 4.63. The highest BCUT2D eigenvalue weighted by atomic mass is 32.2. The molecule has 12 heavy (non-hydrogen) atoms. The molecule has 2 N–H and O–H groups in total. The number of hydrogen-bond donors (Lipinski definition) is 1. The van der Waals surface area contributed by atoms with Gasteiger partial charge in [-0.25, -0.2) is 0 Å². The van der Waals surface area contributed by atoms with Crippen LogP contribution in [-0.4, -0.2) is 41.6 Å². The molecular formula is C9H20N2S. The molecular weight excluding hydrogens is 168 g/mol. The smallest absolute Gasteiger partial charge is 0.0429 e. The van der Waals surface area contributed by atoms with Gasteiger partial charge in [-0.1, -0.05) is 0 Å². The van der Waals surface area contributed by atoms with Crippen LogP contribution in [-0.2, 0) is 0 Å². The first-order valence-corrected chi connectivity index (χ1v) is 5.78. The first-order chi connectivity index (χ1) is 5.62. The van der Waals surface area contributed by atoms with Gasteiger partial charge >= 0.3 is 0 Å². The van der Waals surface area contributed by atoms with Crippen molar-refractivity contribution in [1.29, 1.82) is 0 Å². The lowest BCUT2D eigenvalue weighted by atomic mass is 9.96. The monoisotopic (exact) mass is 188 g/mol. The quantitative estimate of drug-likeness (QED) is 0.721. The lowest BCUT2D eigenvalue weighted by molar-refractivity contribution is 0.115. The van der Waals surface area contributed by atoms with Crippen LogP contribution in [0.5, 0.6) is 0 Å². The van der Waals surface area contributed by atoms with E-state index in [2.05, 4.69) is 25.8 Å². The molecule has 72 valence electrons. The summed E-state index contributed by atoms with van der Waals surface area (Å²) in [5, 5.41) is 0. The lowest BCUT2D eigenvalue weighted by Gasteiger charge is -2.40. The molecule has 1 aliphatic heterocycles. The fourth-order valence-electron chi connectivity index (χ4n) is 1.73. The van der Waals surface area contributed by atoms with Gasteiger partial charge in [-0.05, 0) is 33.1 Å². The van der Waals surface area contributed by atoms with Crippen LogP contribution >= 0.6 is 11.8 Å². The van der Waals surface area contributed by atoms with Crippen molar-refractivity contribution in [1.82, 2.24) is 4.90 Å². The van der Waals surface area contributed by atoms with Gasteiger partial charge in [0.25, 0.3) is 0 Å². The summed E-state index contributed by atoms with van der Waals surface area (Å²) < 4.78 is 0. The Hall–Kier alpha value is 0.270. The summed E-state index contributed by atoms with van der Waals surface area (Å²) in [5.74, 6) is 2.48. The van der Waals surface area contributed by atoms with Crippen LogP contribution in [0.15, 0.2) is 0 Å². The SMILES string of the molecule is CC(C)N(C)C1(CN)CCSC1. The molecule has 1 unspecified atom stereocenters. The molecule has 0 aromatic rings. The molecule has 1 fully saturated rings. The second kappa shape index (κ2) is 3.99. The second-order valence-corrected chi connectivity index (χ2v) is 5.04. The van der Waals surface area contributed by atoms with Crippen LogP contribution in [0.3, 0.4) is 0 Å². The Morgan fingerprint density at radius 3 is 2.58 bits per heavy atom. The van der Waals surface area contributed by atoms with E-state index >= 15 is 0 Å². The summed E-state index contributed by atoms with van der Waals surface area (Å²) in [4.78, 5) is 2.44. The average molecular weight is 188 g/mol. The van der Waals surface area contributed by atoms with E-state index in [0.717, 1.165) is 6.54 Å². The van der Waals surface area contributed by atoms with Gasteiger partial charge in [0.05, 0.1) is 0 Å². The third-order valence-corrected chi connectivity index (χ3v) is 4.22. The second-order valence-electron chi connectivity index (χ2n) is 3.94. The number of hydrogen-bond acceptors (Lipinski definition) is 3. The zero-order chi connectivity index (χ0) is 9.19. The predicted octanol–water partition coefficient (Wildman–Crippen LogP) is 1.16. The molecule has 3 heteroatoms. The number of nitrogens with two attached hydrogens (primary N) is 1. The molecule has 0 aromatic carbocycles. The van der Waals surface area contributed by atoms with Crippen LogP contribution in [0, 0.1) is 0 Å². The van der Waals surface area contributed by atoms with E-state index in [1.54, 1.807) is 0 Å². The van der Waals surface area contributed by atoms with Gasteiger partial charge in [0.15, 0.2) is 0 Å². The summed E-state index contributed by atoms with van der Waals surface area (Å²) in [6, 6.07) is 0.604. The highest BCUT2D eigenvalue weighted by Gasteiger charge is 2.37. The van der Waals surface area contributed by atoms with Gasteiger partial charge < -0.3 is 5.73 Å². The third-order valence-electron chi connectivity index (χ3n) is 2.99. The van der Waals surface area contributed by atoms with E-state index in [1.165, 1.54) is 17.9 Å². The minimum Gasteiger partial charge on any atom is -0.329 e. The van der Waals surface area contributed by atoms with Crippen molar-refractivity contribution in [3.05, 3.63) is 0 Å². The fourth-order valence-corrected chi connectivity index (χ4v) is 3.24. The van der Waals surface area contributed by atoms with E-state index in [-0.39, 0.29) is 0 Å². The Morgan fingerprint density at radius 1 is 1.58 bits per heavy atom.